The van der Waals surface area contributed by atoms with E-state index in [1.807, 2.05) is 0 Å². The van der Waals surface area contributed by atoms with Crippen LogP contribution in [0.5, 0.6) is 5.75 Å². The van der Waals surface area contributed by atoms with Gasteiger partial charge in [-0.15, -0.1) is 10.2 Å². The number of ether oxygens (including phenoxy) is 1. The molecule has 0 aliphatic heterocycles. The summed E-state index contributed by atoms with van der Waals surface area (Å²) in [5.41, 5.74) is 1.71. The lowest BCUT2D eigenvalue weighted by Gasteiger charge is -2.09. The summed E-state index contributed by atoms with van der Waals surface area (Å²) < 4.78 is 18.5. The number of carbonyl (C=O) groups excluding carboxylic acids is 2. The summed E-state index contributed by atoms with van der Waals surface area (Å²) >= 11 is 0. The Hall–Kier alpha value is -4.60. The highest BCUT2D eigenvalue weighted by atomic mass is 19.1. The summed E-state index contributed by atoms with van der Waals surface area (Å²) in [6.45, 7) is -0.156. The molecule has 3 aromatic carbocycles. The van der Waals surface area contributed by atoms with E-state index in [0.717, 1.165) is 10.9 Å². The fraction of sp³-hybridized carbons (Fsp3) is 0.0870. The van der Waals surface area contributed by atoms with Crippen LogP contribution in [0, 0.1) is 5.82 Å². The molecule has 2 N–H and O–H groups in total. The molecule has 33 heavy (non-hydrogen) atoms. The molecule has 4 aromatic rings. The van der Waals surface area contributed by atoms with E-state index in [0.29, 0.717) is 22.7 Å². The minimum atomic E-state index is -0.506. The van der Waals surface area contributed by atoms with Gasteiger partial charge in [0.05, 0.1) is 12.8 Å². The number of carbonyl (C=O) groups is 2. The smallest absolute Gasteiger partial charge is 0.255 e. The molecule has 1 heterocycles. The van der Waals surface area contributed by atoms with E-state index in [-0.39, 0.29) is 23.8 Å². The average Bonchev–Trinajstić information content (AvgIpc) is 3.28. The normalized spacial score (nSPS) is 10.5. The van der Waals surface area contributed by atoms with Gasteiger partial charge in [0.15, 0.2) is 0 Å². The van der Waals surface area contributed by atoms with Gasteiger partial charge in [0.25, 0.3) is 5.91 Å². The van der Waals surface area contributed by atoms with Crippen molar-refractivity contribution in [3.63, 3.8) is 0 Å². The van der Waals surface area contributed by atoms with E-state index in [1.54, 1.807) is 55.6 Å². The second kappa shape index (κ2) is 9.69. The summed E-state index contributed by atoms with van der Waals surface area (Å²) in [5, 5.41) is 17.6. The highest BCUT2D eigenvalue weighted by molar-refractivity contribution is 6.06. The van der Waals surface area contributed by atoms with Crippen molar-refractivity contribution in [2.24, 2.45) is 0 Å². The minimum absolute atomic E-state index is 0.156. The molecule has 0 atom stereocenters. The molecule has 4 rings (SSSR count). The SMILES string of the molecule is COc1ccc(NC(=O)Cn2nnc(-c3ccccc3NC(=O)c3cccc(F)c3)n2)cc1. The van der Waals surface area contributed by atoms with Crippen LogP contribution in [-0.2, 0) is 11.3 Å². The molecule has 2 amide bonds. The van der Waals surface area contributed by atoms with Crippen molar-refractivity contribution in [1.29, 1.82) is 0 Å². The second-order valence-corrected chi connectivity index (χ2v) is 6.93. The Labute approximate surface area is 188 Å². The van der Waals surface area contributed by atoms with Crippen LogP contribution >= 0.6 is 0 Å². The van der Waals surface area contributed by atoms with Crippen molar-refractivity contribution in [3.8, 4) is 17.1 Å². The maximum absolute atomic E-state index is 13.4. The summed E-state index contributed by atoms with van der Waals surface area (Å²) in [6, 6.07) is 19.1. The first kappa shape index (κ1) is 21.6. The lowest BCUT2D eigenvalue weighted by atomic mass is 10.1. The first-order chi connectivity index (χ1) is 16.0. The lowest BCUT2D eigenvalue weighted by molar-refractivity contribution is -0.117. The number of aromatic nitrogens is 4. The van der Waals surface area contributed by atoms with Crippen LogP contribution in [0.3, 0.4) is 0 Å². The van der Waals surface area contributed by atoms with Crippen LogP contribution in [0.15, 0.2) is 72.8 Å². The standard InChI is InChI=1S/C23H19FN6O3/c1-33-18-11-9-17(10-12-18)25-21(31)14-30-28-22(27-29-30)19-7-2-3-8-20(19)26-23(32)15-5-4-6-16(24)13-15/h2-13H,14H2,1H3,(H,25,31)(H,26,32). The van der Waals surface area contributed by atoms with Crippen molar-refractivity contribution >= 4 is 23.2 Å². The molecule has 0 unspecified atom stereocenters. The first-order valence-corrected chi connectivity index (χ1v) is 9.90. The third kappa shape index (κ3) is 5.37. The van der Waals surface area contributed by atoms with Crippen molar-refractivity contribution in [1.82, 2.24) is 20.2 Å². The molecule has 0 saturated carbocycles. The number of anilines is 2. The zero-order chi connectivity index (χ0) is 23.2. The van der Waals surface area contributed by atoms with Gasteiger partial charge in [-0.1, -0.05) is 18.2 Å². The number of halogens is 1. The number of para-hydroxylation sites is 1. The molecule has 0 fully saturated rings. The Bertz CT molecular complexity index is 1290. The number of nitrogens with one attached hydrogen (secondary N) is 2. The van der Waals surface area contributed by atoms with E-state index < -0.39 is 11.7 Å². The monoisotopic (exact) mass is 446 g/mol. The van der Waals surface area contributed by atoms with E-state index in [2.05, 4.69) is 26.0 Å². The largest absolute Gasteiger partial charge is 0.497 e. The zero-order valence-corrected chi connectivity index (χ0v) is 17.5. The average molecular weight is 446 g/mol. The quantitative estimate of drug-likeness (QED) is 0.450. The van der Waals surface area contributed by atoms with Crippen LogP contribution in [0.1, 0.15) is 10.4 Å². The summed E-state index contributed by atoms with van der Waals surface area (Å²) in [7, 11) is 1.56. The summed E-state index contributed by atoms with van der Waals surface area (Å²) in [4.78, 5) is 26.0. The Kier molecular flexibility index (Phi) is 6.35. The van der Waals surface area contributed by atoms with Crippen molar-refractivity contribution in [2.45, 2.75) is 6.54 Å². The fourth-order valence-corrected chi connectivity index (χ4v) is 3.03. The second-order valence-electron chi connectivity index (χ2n) is 6.93. The van der Waals surface area contributed by atoms with E-state index >= 15 is 0 Å². The minimum Gasteiger partial charge on any atom is -0.497 e. The fourth-order valence-electron chi connectivity index (χ4n) is 3.03. The van der Waals surface area contributed by atoms with Crippen LogP contribution in [-0.4, -0.2) is 39.1 Å². The highest BCUT2D eigenvalue weighted by Crippen LogP contribution is 2.25. The van der Waals surface area contributed by atoms with Gasteiger partial charge in [-0.05, 0) is 59.8 Å². The maximum Gasteiger partial charge on any atom is 0.255 e. The van der Waals surface area contributed by atoms with Gasteiger partial charge < -0.3 is 15.4 Å². The Morgan fingerprint density at radius 2 is 1.79 bits per heavy atom. The Morgan fingerprint density at radius 3 is 2.55 bits per heavy atom. The molecule has 0 aliphatic carbocycles. The topological polar surface area (TPSA) is 111 Å². The molecule has 10 heteroatoms. The zero-order valence-electron chi connectivity index (χ0n) is 17.5. The van der Waals surface area contributed by atoms with Gasteiger partial charge in [0, 0.05) is 16.8 Å². The van der Waals surface area contributed by atoms with Crippen molar-refractivity contribution in [3.05, 3.63) is 84.2 Å². The molecular weight excluding hydrogens is 427 g/mol. The third-order valence-corrected chi connectivity index (χ3v) is 4.61. The Morgan fingerprint density at radius 1 is 1.00 bits per heavy atom. The van der Waals surface area contributed by atoms with Gasteiger partial charge in [-0.25, -0.2) is 4.39 Å². The highest BCUT2D eigenvalue weighted by Gasteiger charge is 2.15. The predicted octanol–water partition coefficient (Wildman–Crippen LogP) is 3.38. The molecule has 0 saturated heterocycles. The van der Waals surface area contributed by atoms with Gasteiger partial charge in [-0.2, -0.15) is 4.80 Å². The molecule has 0 bridgehead atoms. The van der Waals surface area contributed by atoms with Gasteiger partial charge in [0.2, 0.25) is 11.7 Å². The summed E-state index contributed by atoms with van der Waals surface area (Å²) in [5.74, 6) is -0.417. The molecule has 0 aliphatic rings. The Balaban J connectivity index is 1.46. The van der Waals surface area contributed by atoms with Gasteiger partial charge in [0.1, 0.15) is 18.1 Å². The molecule has 0 spiro atoms. The first-order valence-electron chi connectivity index (χ1n) is 9.90. The molecule has 1 aromatic heterocycles. The van der Waals surface area contributed by atoms with Crippen LogP contribution in [0.25, 0.3) is 11.4 Å². The maximum atomic E-state index is 13.4. The number of tetrazole rings is 1. The van der Waals surface area contributed by atoms with Crippen LogP contribution < -0.4 is 15.4 Å². The predicted molar refractivity (Wildman–Crippen MR) is 119 cm³/mol. The van der Waals surface area contributed by atoms with Crippen molar-refractivity contribution in [2.75, 3.05) is 17.7 Å². The number of hydrogen-bond donors (Lipinski definition) is 2. The van der Waals surface area contributed by atoms with Gasteiger partial charge in [-0.3, -0.25) is 9.59 Å². The molecule has 9 nitrogen and oxygen atoms in total. The summed E-state index contributed by atoms with van der Waals surface area (Å²) in [6.07, 6.45) is 0. The van der Waals surface area contributed by atoms with E-state index in [4.69, 9.17) is 4.74 Å². The number of hydrogen-bond acceptors (Lipinski definition) is 6. The van der Waals surface area contributed by atoms with E-state index in [9.17, 15) is 14.0 Å². The molecule has 166 valence electrons. The number of amides is 2. The number of rotatable bonds is 7. The number of nitrogens with zero attached hydrogens (tertiary/aromatic N) is 4. The molecule has 0 radical (unpaired) electrons. The van der Waals surface area contributed by atoms with Gasteiger partial charge >= 0.3 is 0 Å². The number of benzene rings is 3. The third-order valence-electron chi connectivity index (χ3n) is 4.61. The van der Waals surface area contributed by atoms with E-state index in [1.165, 1.54) is 18.2 Å². The van der Waals surface area contributed by atoms with Crippen LogP contribution in [0.4, 0.5) is 15.8 Å². The lowest BCUT2D eigenvalue weighted by Crippen LogP contribution is -2.20. The van der Waals surface area contributed by atoms with Crippen LogP contribution in [0.2, 0.25) is 0 Å². The molecular formula is C23H19FN6O3. The van der Waals surface area contributed by atoms with Crippen molar-refractivity contribution < 1.29 is 18.7 Å². The number of methoxy groups -OCH3 is 1.